The average molecular weight is 395 g/mol. The normalized spacial score (nSPS) is 11.4. The van der Waals surface area contributed by atoms with Crippen molar-refractivity contribution in [3.8, 4) is 0 Å². The van der Waals surface area contributed by atoms with Gasteiger partial charge in [-0.3, -0.25) is 9.10 Å². The molecule has 0 spiro atoms. The van der Waals surface area contributed by atoms with E-state index >= 15 is 0 Å². The Bertz CT molecular complexity index is 847. The molecule has 0 heterocycles. The van der Waals surface area contributed by atoms with Gasteiger partial charge < -0.3 is 5.32 Å². The van der Waals surface area contributed by atoms with E-state index in [2.05, 4.69) is 5.32 Å². The third-order valence-electron chi connectivity index (χ3n) is 3.73. The summed E-state index contributed by atoms with van der Waals surface area (Å²) in [5.74, 6) is 0.187. The fourth-order valence-corrected chi connectivity index (χ4v) is 3.35. The second-order valence-electron chi connectivity index (χ2n) is 6.55. The molecule has 1 amide bonds. The Hall–Kier alpha value is -2.05. The minimum absolute atomic E-state index is 0.172. The summed E-state index contributed by atoms with van der Waals surface area (Å²) in [5.41, 5.74) is 1.82. The van der Waals surface area contributed by atoms with Crippen LogP contribution in [0.1, 0.15) is 29.8 Å². The van der Waals surface area contributed by atoms with Gasteiger partial charge in [0.25, 0.3) is 5.91 Å². The molecular weight excluding hydrogens is 372 g/mol. The lowest BCUT2D eigenvalue weighted by Crippen LogP contribution is -2.30. The van der Waals surface area contributed by atoms with E-state index in [0.717, 1.165) is 11.8 Å². The van der Waals surface area contributed by atoms with Crippen LogP contribution in [0.25, 0.3) is 0 Å². The first kappa shape index (κ1) is 20.3. The Morgan fingerprint density at radius 2 is 1.65 bits per heavy atom. The van der Waals surface area contributed by atoms with Crippen LogP contribution < -0.4 is 9.62 Å². The average Bonchev–Trinajstić information content (AvgIpc) is 2.58. The molecule has 0 unspecified atom stereocenters. The van der Waals surface area contributed by atoms with E-state index in [1.54, 1.807) is 48.5 Å². The molecule has 0 atom stereocenters. The number of anilines is 1. The summed E-state index contributed by atoms with van der Waals surface area (Å²) in [6, 6.07) is 13.6. The van der Waals surface area contributed by atoms with Gasteiger partial charge in [0.15, 0.2) is 0 Å². The minimum Gasteiger partial charge on any atom is -0.352 e. The minimum atomic E-state index is -3.48. The van der Waals surface area contributed by atoms with Crippen molar-refractivity contribution in [3.63, 3.8) is 0 Å². The predicted molar refractivity (Wildman–Crippen MR) is 106 cm³/mol. The number of sulfonamides is 1. The largest absolute Gasteiger partial charge is 0.352 e. The van der Waals surface area contributed by atoms with Gasteiger partial charge in [0.05, 0.1) is 18.5 Å². The van der Waals surface area contributed by atoms with Crippen molar-refractivity contribution < 1.29 is 13.2 Å². The second kappa shape index (κ2) is 8.56. The molecule has 0 aliphatic heterocycles. The van der Waals surface area contributed by atoms with Gasteiger partial charge in [-0.2, -0.15) is 0 Å². The molecule has 140 valence electrons. The van der Waals surface area contributed by atoms with E-state index in [1.807, 2.05) is 13.8 Å². The number of carbonyl (C=O) groups excluding carboxylic acids is 1. The van der Waals surface area contributed by atoms with Crippen molar-refractivity contribution in [2.24, 2.45) is 5.92 Å². The number of carbonyl (C=O) groups is 1. The zero-order chi connectivity index (χ0) is 19.3. The Morgan fingerprint density at radius 1 is 1.08 bits per heavy atom. The van der Waals surface area contributed by atoms with E-state index in [0.29, 0.717) is 28.7 Å². The van der Waals surface area contributed by atoms with Crippen LogP contribution in [0.3, 0.4) is 0 Å². The molecule has 0 saturated heterocycles. The maximum Gasteiger partial charge on any atom is 0.251 e. The molecule has 7 heteroatoms. The first-order chi connectivity index (χ1) is 12.2. The Kier molecular flexibility index (Phi) is 6.67. The van der Waals surface area contributed by atoms with Crippen LogP contribution >= 0.6 is 11.6 Å². The Morgan fingerprint density at radius 3 is 2.15 bits per heavy atom. The number of nitrogens with one attached hydrogen (secondary N) is 1. The summed E-state index contributed by atoms with van der Waals surface area (Å²) in [4.78, 5) is 12.1. The van der Waals surface area contributed by atoms with Gasteiger partial charge in [-0.25, -0.2) is 8.42 Å². The van der Waals surface area contributed by atoms with Gasteiger partial charge in [0.1, 0.15) is 0 Å². The SMILES string of the molecule is CC(C)CNC(=O)c1ccc(N(Cc2ccc(Cl)cc2)S(C)(=O)=O)cc1. The van der Waals surface area contributed by atoms with Crippen LogP contribution in [0.5, 0.6) is 0 Å². The van der Waals surface area contributed by atoms with Crippen LogP contribution in [-0.4, -0.2) is 27.1 Å². The van der Waals surface area contributed by atoms with Gasteiger partial charge in [-0.15, -0.1) is 0 Å². The van der Waals surface area contributed by atoms with Crippen LogP contribution in [0.15, 0.2) is 48.5 Å². The monoisotopic (exact) mass is 394 g/mol. The zero-order valence-corrected chi connectivity index (χ0v) is 16.6. The predicted octanol–water partition coefficient (Wildman–Crippen LogP) is 3.69. The van der Waals surface area contributed by atoms with Gasteiger partial charge in [0.2, 0.25) is 10.0 Å². The maximum absolute atomic E-state index is 12.2. The second-order valence-corrected chi connectivity index (χ2v) is 8.89. The smallest absolute Gasteiger partial charge is 0.251 e. The summed E-state index contributed by atoms with van der Waals surface area (Å²) >= 11 is 5.88. The van der Waals surface area contributed by atoms with E-state index < -0.39 is 10.0 Å². The van der Waals surface area contributed by atoms with Crippen LogP contribution in [-0.2, 0) is 16.6 Å². The van der Waals surface area contributed by atoms with E-state index in [1.165, 1.54) is 4.31 Å². The van der Waals surface area contributed by atoms with Gasteiger partial charge >= 0.3 is 0 Å². The third-order valence-corrected chi connectivity index (χ3v) is 5.12. The van der Waals surface area contributed by atoms with Crippen molar-refractivity contribution >= 4 is 33.2 Å². The summed E-state index contributed by atoms with van der Waals surface area (Å²) < 4.78 is 25.7. The van der Waals surface area contributed by atoms with Gasteiger partial charge in [-0.05, 0) is 47.9 Å². The quantitative estimate of drug-likeness (QED) is 0.778. The summed E-state index contributed by atoms with van der Waals surface area (Å²) in [5, 5.41) is 3.43. The molecule has 0 saturated carbocycles. The fourth-order valence-electron chi connectivity index (χ4n) is 2.33. The van der Waals surface area contributed by atoms with E-state index in [-0.39, 0.29) is 12.5 Å². The Labute approximate surface area is 160 Å². The highest BCUT2D eigenvalue weighted by molar-refractivity contribution is 7.92. The standard InChI is InChI=1S/C19H23ClN2O3S/c1-14(2)12-21-19(23)16-6-10-18(11-7-16)22(26(3,24)25)13-15-4-8-17(20)9-5-15/h4-11,14H,12-13H2,1-3H3,(H,21,23). The third kappa shape index (κ3) is 5.75. The van der Waals surface area contributed by atoms with E-state index in [4.69, 9.17) is 11.6 Å². The van der Waals surface area contributed by atoms with Crippen molar-refractivity contribution in [3.05, 3.63) is 64.7 Å². The Balaban J connectivity index is 2.21. The van der Waals surface area contributed by atoms with Crippen molar-refractivity contribution in [1.29, 1.82) is 0 Å². The summed E-state index contributed by atoms with van der Waals surface area (Å²) in [6.07, 6.45) is 1.16. The maximum atomic E-state index is 12.2. The number of hydrogen-bond donors (Lipinski definition) is 1. The topological polar surface area (TPSA) is 66.5 Å². The summed E-state index contributed by atoms with van der Waals surface area (Å²) in [7, 11) is -3.48. The molecule has 2 aromatic carbocycles. The molecule has 26 heavy (non-hydrogen) atoms. The molecule has 0 fully saturated rings. The van der Waals surface area contributed by atoms with Crippen LogP contribution in [0.2, 0.25) is 5.02 Å². The first-order valence-corrected chi connectivity index (χ1v) is 10.5. The highest BCUT2D eigenvalue weighted by Gasteiger charge is 2.18. The highest BCUT2D eigenvalue weighted by atomic mass is 35.5. The van der Waals surface area contributed by atoms with Crippen molar-refractivity contribution in [1.82, 2.24) is 5.32 Å². The molecule has 0 bridgehead atoms. The number of amides is 1. The molecule has 2 rings (SSSR count). The van der Waals surface area contributed by atoms with E-state index in [9.17, 15) is 13.2 Å². The molecule has 1 N–H and O–H groups in total. The zero-order valence-electron chi connectivity index (χ0n) is 15.1. The molecule has 2 aromatic rings. The van der Waals surface area contributed by atoms with Crippen molar-refractivity contribution in [2.45, 2.75) is 20.4 Å². The van der Waals surface area contributed by atoms with Crippen LogP contribution in [0, 0.1) is 5.92 Å². The number of nitrogens with zero attached hydrogens (tertiary/aromatic N) is 1. The molecule has 0 radical (unpaired) electrons. The molecule has 0 aliphatic rings. The molecule has 0 aliphatic carbocycles. The molecular formula is C19H23ClN2O3S. The molecule has 5 nitrogen and oxygen atoms in total. The van der Waals surface area contributed by atoms with Gasteiger partial charge in [-0.1, -0.05) is 37.6 Å². The first-order valence-electron chi connectivity index (χ1n) is 8.27. The number of halogens is 1. The highest BCUT2D eigenvalue weighted by Crippen LogP contribution is 2.22. The summed E-state index contributed by atoms with van der Waals surface area (Å²) in [6.45, 7) is 4.82. The lowest BCUT2D eigenvalue weighted by atomic mass is 10.1. The lowest BCUT2D eigenvalue weighted by Gasteiger charge is -2.23. The fraction of sp³-hybridized carbons (Fsp3) is 0.316. The van der Waals surface area contributed by atoms with Gasteiger partial charge in [0, 0.05) is 17.1 Å². The lowest BCUT2D eigenvalue weighted by molar-refractivity contribution is 0.0949. The van der Waals surface area contributed by atoms with Crippen LogP contribution in [0.4, 0.5) is 5.69 Å². The number of hydrogen-bond acceptors (Lipinski definition) is 3. The number of benzene rings is 2. The number of rotatable bonds is 7. The van der Waals surface area contributed by atoms with Crippen molar-refractivity contribution in [2.75, 3.05) is 17.1 Å². The molecule has 0 aromatic heterocycles.